The number of benzene rings is 1. The maximum atomic E-state index is 11.8. The zero-order valence-corrected chi connectivity index (χ0v) is 13.7. The number of nitrogens with one attached hydrogen (secondary N) is 2. The summed E-state index contributed by atoms with van der Waals surface area (Å²) in [7, 11) is 1.54. The summed E-state index contributed by atoms with van der Waals surface area (Å²) in [6.45, 7) is 3.80. The molecule has 0 spiro atoms. The van der Waals surface area contributed by atoms with Crippen molar-refractivity contribution in [3.8, 4) is 5.75 Å². The zero-order valence-electron chi connectivity index (χ0n) is 12.1. The van der Waals surface area contributed by atoms with Gasteiger partial charge in [-0.1, -0.05) is 13.8 Å². The summed E-state index contributed by atoms with van der Waals surface area (Å²) in [6, 6.07) is 3.58. The minimum absolute atomic E-state index is 0.168. The zero-order chi connectivity index (χ0) is 16.0. The summed E-state index contributed by atoms with van der Waals surface area (Å²) in [5.74, 6) is -0.236. The van der Waals surface area contributed by atoms with Crippen molar-refractivity contribution in [2.75, 3.05) is 12.4 Å². The Hall–Kier alpha value is -1.76. The monoisotopic (exact) mass is 358 g/mol. The van der Waals surface area contributed by atoms with Gasteiger partial charge < -0.3 is 20.5 Å². The second kappa shape index (κ2) is 7.87. The lowest BCUT2D eigenvalue weighted by atomic mass is 10.0. The van der Waals surface area contributed by atoms with Crippen LogP contribution in [0.15, 0.2) is 22.7 Å². The summed E-state index contributed by atoms with van der Waals surface area (Å²) < 4.78 is 5.79. The van der Waals surface area contributed by atoms with Gasteiger partial charge in [-0.3, -0.25) is 0 Å². The molecule has 0 saturated carbocycles. The molecule has 0 aliphatic rings. The summed E-state index contributed by atoms with van der Waals surface area (Å²) >= 11 is 3.31. The molecule has 116 valence electrons. The molecule has 1 unspecified atom stereocenters. The van der Waals surface area contributed by atoms with Crippen LogP contribution in [0.25, 0.3) is 0 Å². The molecule has 0 aromatic heterocycles. The van der Waals surface area contributed by atoms with E-state index in [1.165, 1.54) is 0 Å². The van der Waals surface area contributed by atoms with Gasteiger partial charge in [-0.05, 0) is 46.5 Å². The molecule has 0 fully saturated rings. The van der Waals surface area contributed by atoms with Crippen LogP contribution in [0.5, 0.6) is 5.75 Å². The summed E-state index contributed by atoms with van der Waals surface area (Å²) in [6.07, 6.45) is 0.370. The lowest BCUT2D eigenvalue weighted by Gasteiger charge is -2.17. The highest BCUT2D eigenvalue weighted by Crippen LogP contribution is 2.27. The Morgan fingerprint density at radius 2 is 2.05 bits per heavy atom. The Bertz CT molecular complexity index is 520. The molecule has 0 heterocycles. The predicted molar refractivity (Wildman–Crippen MR) is 83.7 cm³/mol. The van der Waals surface area contributed by atoms with Crippen LogP contribution < -0.4 is 15.4 Å². The number of hydrogen-bond donors (Lipinski definition) is 3. The molecule has 3 N–H and O–H groups in total. The van der Waals surface area contributed by atoms with Gasteiger partial charge in [0, 0.05) is 5.69 Å². The highest BCUT2D eigenvalue weighted by molar-refractivity contribution is 9.10. The lowest BCUT2D eigenvalue weighted by molar-refractivity contribution is -0.139. The molecule has 0 saturated heterocycles. The van der Waals surface area contributed by atoms with Crippen molar-refractivity contribution in [3.05, 3.63) is 22.7 Å². The van der Waals surface area contributed by atoms with Crippen molar-refractivity contribution in [2.24, 2.45) is 5.92 Å². The fourth-order valence-electron chi connectivity index (χ4n) is 1.76. The van der Waals surface area contributed by atoms with Gasteiger partial charge in [0.25, 0.3) is 0 Å². The number of aliphatic carboxylic acids is 1. The van der Waals surface area contributed by atoms with E-state index in [1.54, 1.807) is 25.3 Å². The molecule has 21 heavy (non-hydrogen) atoms. The molecule has 1 aromatic carbocycles. The first-order chi connectivity index (χ1) is 9.83. The molecule has 1 rings (SSSR count). The second-order valence-corrected chi connectivity index (χ2v) is 5.82. The average Bonchev–Trinajstić information content (AvgIpc) is 2.37. The van der Waals surface area contributed by atoms with Gasteiger partial charge in [0.15, 0.2) is 0 Å². The van der Waals surface area contributed by atoms with E-state index in [4.69, 9.17) is 9.84 Å². The van der Waals surface area contributed by atoms with Crippen molar-refractivity contribution >= 4 is 33.6 Å². The minimum atomic E-state index is -1.05. The second-order valence-electron chi connectivity index (χ2n) is 4.97. The Labute approximate surface area is 132 Å². The highest BCUT2D eigenvalue weighted by Gasteiger charge is 2.21. The number of methoxy groups -OCH3 is 1. The van der Waals surface area contributed by atoms with Crippen molar-refractivity contribution in [3.63, 3.8) is 0 Å². The van der Waals surface area contributed by atoms with E-state index < -0.39 is 18.0 Å². The molecule has 6 nitrogen and oxygen atoms in total. The first-order valence-corrected chi connectivity index (χ1v) is 7.26. The number of carboxylic acid groups (broad SMARTS) is 1. The Morgan fingerprint density at radius 1 is 1.38 bits per heavy atom. The maximum Gasteiger partial charge on any atom is 0.326 e. The molecule has 2 amide bonds. The van der Waals surface area contributed by atoms with Crippen LogP contribution in [0.2, 0.25) is 0 Å². The smallest absolute Gasteiger partial charge is 0.326 e. The van der Waals surface area contributed by atoms with Gasteiger partial charge in [-0.25, -0.2) is 9.59 Å². The highest BCUT2D eigenvalue weighted by atomic mass is 79.9. The van der Waals surface area contributed by atoms with Crippen LogP contribution in [0.3, 0.4) is 0 Å². The normalized spacial score (nSPS) is 11.9. The number of rotatable bonds is 6. The molecule has 1 aromatic rings. The van der Waals surface area contributed by atoms with E-state index in [9.17, 15) is 9.59 Å². The molecular formula is C14H19BrN2O4. The van der Waals surface area contributed by atoms with Crippen molar-refractivity contribution in [1.29, 1.82) is 0 Å². The van der Waals surface area contributed by atoms with Crippen LogP contribution in [0.1, 0.15) is 20.3 Å². The first-order valence-electron chi connectivity index (χ1n) is 6.47. The number of carboxylic acids is 1. The maximum absolute atomic E-state index is 11.8. The van der Waals surface area contributed by atoms with Crippen LogP contribution >= 0.6 is 15.9 Å². The third kappa shape index (κ3) is 5.63. The molecule has 0 radical (unpaired) electrons. The van der Waals surface area contributed by atoms with Gasteiger partial charge in [-0.2, -0.15) is 0 Å². The Morgan fingerprint density at radius 3 is 2.52 bits per heavy atom. The van der Waals surface area contributed by atoms with E-state index in [0.717, 1.165) is 0 Å². The predicted octanol–water partition coefficient (Wildman–Crippen LogP) is 3.08. The minimum Gasteiger partial charge on any atom is -0.496 e. The number of hydrogen-bond acceptors (Lipinski definition) is 3. The third-order valence-corrected chi connectivity index (χ3v) is 3.34. The van der Waals surface area contributed by atoms with E-state index in [-0.39, 0.29) is 5.92 Å². The quantitative estimate of drug-likeness (QED) is 0.728. The van der Waals surface area contributed by atoms with Crippen LogP contribution in [0.4, 0.5) is 10.5 Å². The standard InChI is InChI=1S/C14H19BrN2O4/c1-8(2)6-11(13(18)19)17-14(20)16-9-4-5-12(21-3)10(15)7-9/h4-5,7-8,11H,6H2,1-3H3,(H,18,19)(H2,16,17,20). The molecule has 7 heteroatoms. The van der Waals surface area contributed by atoms with Gasteiger partial charge >= 0.3 is 12.0 Å². The topological polar surface area (TPSA) is 87.7 Å². The fraction of sp³-hybridized carbons (Fsp3) is 0.429. The summed E-state index contributed by atoms with van der Waals surface area (Å²) in [5.41, 5.74) is 0.536. The van der Waals surface area contributed by atoms with Gasteiger partial charge in [0.05, 0.1) is 11.6 Å². The van der Waals surface area contributed by atoms with Crippen LogP contribution in [-0.4, -0.2) is 30.3 Å². The van der Waals surface area contributed by atoms with E-state index in [0.29, 0.717) is 22.3 Å². The molecular weight excluding hydrogens is 340 g/mol. The lowest BCUT2D eigenvalue weighted by Crippen LogP contribution is -2.43. The SMILES string of the molecule is COc1ccc(NC(=O)NC(CC(C)C)C(=O)O)cc1Br. The van der Waals surface area contributed by atoms with Crippen molar-refractivity contribution < 1.29 is 19.4 Å². The van der Waals surface area contributed by atoms with Crippen molar-refractivity contribution in [1.82, 2.24) is 5.32 Å². The van der Waals surface area contributed by atoms with Gasteiger partial charge in [-0.15, -0.1) is 0 Å². The van der Waals surface area contributed by atoms with Crippen LogP contribution in [-0.2, 0) is 4.79 Å². The first kappa shape index (κ1) is 17.3. The largest absolute Gasteiger partial charge is 0.496 e. The number of amides is 2. The van der Waals surface area contributed by atoms with E-state index in [2.05, 4.69) is 26.6 Å². The fourth-order valence-corrected chi connectivity index (χ4v) is 2.30. The Kier molecular flexibility index (Phi) is 6.48. The van der Waals surface area contributed by atoms with E-state index >= 15 is 0 Å². The van der Waals surface area contributed by atoms with Gasteiger partial charge in [0.1, 0.15) is 11.8 Å². The number of halogens is 1. The number of urea groups is 1. The van der Waals surface area contributed by atoms with Crippen LogP contribution in [0, 0.1) is 5.92 Å². The van der Waals surface area contributed by atoms with Gasteiger partial charge in [0.2, 0.25) is 0 Å². The molecule has 0 aliphatic carbocycles. The molecule has 1 atom stereocenters. The molecule has 0 aliphatic heterocycles. The Balaban J connectivity index is 2.67. The summed E-state index contributed by atoms with van der Waals surface area (Å²) in [5, 5.41) is 14.1. The third-order valence-electron chi connectivity index (χ3n) is 2.72. The summed E-state index contributed by atoms with van der Waals surface area (Å²) in [4.78, 5) is 22.9. The molecule has 0 bridgehead atoms. The number of carbonyl (C=O) groups excluding carboxylic acids is 1. The van der Waals surface area contributed by atoms with Crippen molar-refractivity contribution in [2.45, 2.75) is 26.3 Å². The number of carbonyl (C=O) groups is 2. The average molecular weight is 359 g/mol. The number of ether oxygens (including phenoxy) is 1. The van der Waals surface area contributed by atoms with E-state index in [1.807, 2.05) is 13.8 Å². The number of anilines is 1.